The smallest absolute Gasteiger partial charge is 0.249 e. The predicted octanol–water partition coefficient (Wildman–Crippen LogP) is 1.74. The van der Waals surface area contributed by atoms with E-state index in [1.165, 1.54) is 5.56 Å². The molecule has 0 fully saturated rings. The highest BCUT2D eigenvalue weighted by Gasteiger charge is 2.11. The molecule has 2 rings (SSSR count). The van der Waals surface area contributed by atoms with E-state index in [0.717, 1.165) is 18.4 Å². The summed E-state index contributed by atoms with van der Waals surface area (Å²) in [5.74, 6) is -0.344. The first-order valence-corrected chi connectivity index (χ1v) is 4.37. The van der Waals surface area contributed by atoms with E-state index in [-0.39, 0.29) is 5.91 Å². The molecule has 0 unspecified atom stereocenters. The lowest BCUT2D eigenvalue weighted by Gasteiger charge is -2.12. The van der Waals surface area contributed by atoms with Crippen LogP contribution in [-0.4, -0.2) is 5.91 Å². The van der Waals surface area contributed by atoms with Gasteiger partial charge in [0.25, 0.3) is 0 Å². The number of allylic oxidation sites excluding steroid dienone is 1. The van der Waals surface area contributed by atoms with Crippen molar-refractivity contribution in [2.24, 2.45) is 5.73 Å². The first kappa shape index (κ1) is 8.05. The number of amides is 1. The molecule has 1 aromatic rings. The normalized spacial score (nSPS) is 13.8. The maximum atomic E-state index is 11.1. The van der Waals surface area contributed by atoms with Crippen molar-refractivity contribution in [2.45, 2.75) is 12.8 Å². The highest BCUT2D eigenvalue weighted by Crippen LogP contribution is 2.22. The van der Waals surface area contributed by atoms with Crippen molar-refractivity contribution >= 4 is 12.0 Å². The standard InChI is InChI=1S/C11H11NO/c12-11(13)10-7-3-5-8-4-1-2-6-9(8)10/h2-3,5-7H,1,4H2,(H2,12,13). The maximum absolute atomic E-state index is 11.1. The van der Waals surface area contributed by atoms with Crippen LogP contribution in [0.25, 0.3) is 6.08 Å². The van der Waals surface area contributed by atoms with Crippen molar-refractivity contribution in [3.05, 3.63) is 41.0 Å². The zero-order valence-corrected chi connectivity index (χ0v) is 7.29. The van der Waals surface area contributed by atoms with Gasteiger partial charge in [0.05, 0.1) is 0 Å². The summed E-state index contributed by atoms with van der Waals surface area (Å²) in [6.07, 6.45) is 6.12. The number of carbonyl (C=O) groups excluding carboxylic acids is 1. The summed E-state index contributed by atoms with van der Waals surface area (Å²) < 4.78 is 0. The van der Waals surface area contributed by atoms with E-state index in [0.29, 0.717) is 5.56 Å². The van der Waals surface area contributed by atoms with E-state index < -0.39 is 0 Å². The van der Waals surface area contributed by atoms with Gasteiger partial charge in [-0.15, -0.1) is 0 Å². The van der Waals surface area contributed by atoms with Gasteiger partial charge < -0.3 is 5.73 Å². The Morgan fingerprint density at radius 3 is 3.00 bits per heavy atom. The van der Waals surface area contributed by atoms with Crippen molar-refractivity contribution in [1.29, 1.82) is 0 Å². The third kappa shape index (κ3) is 1.35. The van der Waals surface area contributed by atoms with Gasteiger partial charge in [-0.3, -0.25) is 4.79 Å². The minimum atomic E-state index is -0.344. The van der Waals surface area contributed by atoms with Crippen LogP contribution < -0.4 is 5.73 Å². The Bertz CT molecular complexity index is 380. The summed E-state index contributed by atoms with van der Waals surface area (Å²) in [6, 6.07) is 5.71. The van der Waals surface area contributed by atoms with Gasteiger partial charge in [0, 0.05) is 5.56 Å². The molecule has 0 aliphatic heterocycles. The number of nitrogens with two attached hydrogens (primary N) is 1. The Morgan fingerprint density at radius 2 is 2.23 bits per heavy atom. The van der Waals surface area contributed by atoms with Crippen LogP contribution in [0.2, 0.25) is 0 Å². The summed E-state index contributed by atoms with van der Waals surface area (Å²) in [5.41, 5.74) is 8.12. The van der Waals surface area contributed by atoms with Gasteiger partial charge in [-0.25, -0.2) is 0 Å². The molecule has 0 aromatic heterocycles. The SMILES string of the molecule is NC(=O)c1cccc2c1C=CCC2. The lowest BCUT2D eigenvalue weighted by Crippen LogP contribution is -2.14. The highest BCUT2D eigenvalue weighted by molar-refractivity contribution is 5.97. The number of hydrogen-bond acceptors (Lipinski definition) is 1. The molecular formula is C11H11NO. The third-order valence-corrected chi connectivity index (χ3v) is 2.33. The van der Waals surface area contributed by atoms with Gasteiger partial charge in [-0.1, -0.05) is 24.3 Å². The van der Waals surface area contributed by atoms with E-state index in [4.69, 9.17) is 5.73 Å². The Morgan fingerprint density at radius 1 is 1.38 bits per heavy atom. The monoisotopic (exact) mass is 173 g/mol. The lowest BCUT2D eigenvalue weighted by molar-refractivity contribution is 0.1000. The largest absolute Gasteiger partial charge is 0.366 e. The zero-order chi connectivity index (χ0) is 9.26. The van der Waals surface area contributed by atoms with Crippen molar-refractivity contribution < 1.29 is 4.79 Å². The van der Waals surface area contributed by atoms with E-state index in [1.807, 2.05) is 18.2 Å². The predicted molar refractivity (Wildman–Crippen MR) is 52.3 cm³/mol. The average Bonchev–Trinajstić information content (AvgIpc) is 2.17. The molecular weight excluding hydrogens is 162 g/mol. The number of hydrogen-bond donors (Lipinski definition) is 1. The van der Waals surface area contributed by atoms with Gasteiger partial charge >= 0.3 is 0 Å². The Kier molecular flexibility index (Phi) is 1.89. The van der Waals surface area contributed by atoms with E-state index >= 15 is 0 Å². The van der Waals surface area contributed by atoms with Crippen LogP contribution in [0.15, 0.2) is 24.3 Å². The minimum absolute atomic E-state index is 0.344. The van der Waals surface area contributed by atoms with Crippen molar-refractivity contribution in [3.63, 3.8) is 0 Å². The Balaban J connectivity index is 2.60. The molecule has 0 saturated heterocycles. The number of benzene rings is 1. The molecule has 2 N–H and O–H groups in total. The second-order valence-corrected chi connectivity index (χ2v) is 3.18. The van der Waals surface area contributed by atoms with Crippen LogP contribution in [0.3, 0.4) is 0 Å². The molecule has 0 atom stereocenters. The highest BCUT2D eigenvalue weighted by atomic mass is 16.1. The molecule has 0 bridgehead atoms. The summed E-state index contributed by atoms with van der Waals surface area (Å²) in [7, 11) is 0. The average molecular weight is 173 g/mol. The van der Waals surface area contributed by atoms with Crippen LogP contribution in [0.4, 0.5) is 0 Å². The number of carbonyl (C=O) groups is 1. The van der Waals surface area contributed by atoms with E-state index in [1.54, 1.807) is 6.07 Å². The number of primary amides is 1. The van der Waals surface area contributed by atoms with Crippen molar-refractivity contribution in [3.8, 4) is 0 Å². The summed E-state index contributed by atoms with van der Waals surface area (Å²) >= 11 is 0. The molecule has 1 aliphatic carbocycles. The molecule has 0 heterocycles. The first-order valence-electron chi connectivity index (χ1n) is 4.37. The molecule has 2 nitrogen and oxygen atoms in total. The second-order valence-electron chi connectivity index (χ2n) is 3.18. The zero-order valence-electron chi connectivity index (χ0n) is 7.29. The van der Waals surface area contributed by atoms with Crippen molar-refractivity contribution in [2.75, 3.05) is 0 Å². The maximum Gasteiger partial charge on any atom is 0.249 e. The summed E-state index contributed by atoms with van der Waals surface area (Å²) in [5, 5.41) is 0. The fourth-order valence-corrected chi connectivity index (χ4v) is 1.68. The van der Waals surface area contributed by atoms with Gasteiger partial charge in [0.2, 0.25) is 5.91 Å². The molecule has 1 aromatic carbocycles. The Labute approximate surface area is 77.1 Å². The molecule has 1 aliphatic rings. The van der Waals surface area contributed by atoms with Gasteiger partial charge in [0.15, 0.2) is 0 Å². The second kappa shape index (κ2) is 3.05. The van der Waals surface area contributed by atoms with Crippen LogP contribution in [0.5, 0.6) is 0 Å². The molecule has 0 spiro atoms. The number of rotatable bonds is 1. The lowest BCUT2D eigenvalue weighted by atomic mass is 9.93. The number of aryl methyl sites for hydroxylation is 1. The minimum Gasteiger partial charge on any atom is -0.366 e. The molecule has 66 valence electrons. The summed E-state index contributed by atoms with van der Waals surface area (Å²) in [4.78, 5) is 11.1. The molecule has 0 radical (unpaired) electrons. The van der Waals surface area contributed by atoms with Crippen LogP contribution in [-0.2, 0) is 6.42 Å². The number of fused-ring (bicyclic) bond motifs is 1. The van der Waals surface area contributed by atoms with Gasteiger partial charge in [-0.2, -0.15) is 0 Å². The van der Waals surface area contributed by atoms with E-state index in [9.17, 15) is 4.79 Å². The molecule has 13 heavy (non-hydrogen) atoms. The first-order chi connectivity index (χ1) is 6.29. The quantitative estimate of drug-likeness (QED) is 0.690. The third-order valence-electron chi connectivity index (χ3n) is 2.33. The fraction of sp³-hybridized carbons (Fsp3) is 0.182. The summed E-state index contributed by atoms with van der Waals surface area (Å²) in [6.45, 7) is 0. The topological polar surface area (TPSA) is 43.1 Å². The van der Waals surface area contributed by atoms with Crippen molar-refractivity contribution in [1.82, 2.24) is 0 Å². The Hall–Kier alpha value is -1.57. The molecule has 1 amide bonds. The van der Waals surface area contributed by atoms with Gasteiger partial charge in [0.1, 0.15) is 0 Å². The van der Waals surface area contributed by atoms with Crippen LogP contribution in [0.1, 0.15) is 27.9 Å². The fourth-order valence-electron chi connectivity index (χ4n) is 1.68. The molecule has 0 saturated carbocycles. The van der Waals surface area contributed by atoms with Crippen LogP contribution in [0, 0.1) is 0 Å². The van der Waals surface area contributed by atoms with E-state index in [2.05, 4.69) is 6.08 Å². The van der Waals surface area contributed by atoms with Gasteiger partial charge in [-0.05, 0) is 30.0 Å². The van der Waals surface area contributed by atoms with Crippen LogP contribution >= 0.6 is 0 Å². The molecule has 2 heteroatoms.